The fourth-order valence-corrected chi connectivity index (χ4v) is 6.37. The third kappa shape index (κ3) is 10.7. The van der Waals surface area contributed by atoms with E-state index in [9.17, 15) is 27.9 Å². The highest BCUT2D eigenvalue weighted by atomic mass is 32.2. The van der Waals surface area contributed by atoms with E-state index in [1.54, 1.807) is 81.4 Å². The van der Waals surface area contributed by atoms with Gasteiger partial charge in [0.1, 0.15) is 19.0 Å². The molecule has 2 atom stereocenters. The molecule has 0 aliphatic carbocycles. The number of guanidine groups is 1. The summed E-state index contributed by atoms with van der Waals surface area (Å²) < 4.78 is 51.6. The van der Waals surface area contributed by atoms with Crippen LogP contribution in [0.3, 0.4) is 0 Å². The Morgan fingerprint density at radius 2 is 1.49 bits per heavy atom. The summed E-state index contributed by atoms with van der Waals surface area (Å²) in [4.78, 5) is 38.9. The Bertz CT molecular complexity index is 1730. The quantitative estimate of drug-likeness (QED) is 0.0957. The molecule has 4 N–H and O–H groups in total. The predicted molar refractivity (Wildman–Crippen MR) is 180 cm³/mol. The maximum atomic E-state index is 13.6. The van der Waals surface area contributed by atoms with Crippen molar-refractivity contribution in [3.8, 4) is 5.75 Å². The number of methoxy groups -OCH3 is 2. The van der Waals surface area contributed by atoms with Gasteiger partial charge < -0.3 is 35.1 Å². The Balaban J connectivity index is 1.85. The van der Waals surface area contributed by atoms with Crippen LogP contribution in [-0.4, -0.2) is 75.4 Å². The highest BCUT2D eigenvalue weighted by Crippen LogP contribution is 2.31. The van der Waals surface area contributed by atoms with Gasteiger partial charge >= 0.3 is 18.2 Å². The molecule has 0 bridgehead atoms. The Hall–Kier alpha value is -5.15. The van der Waals surface area contributed by atoms with Gasteiger partial charge in [0.25, 0.3) is 10.0 Å². The molecule has 14 nitrogen and oxygen atoms in total. The molecule has 0 aliphatic rings. The summed E-state index contributed by atoms with van der Waals surface area (Å²) in [6.45, 7) is 4.41. The van der Waals surface area contributed by atoms with Gasteiger partial charge in [0.2, 0.25) is 5.96 Å². The summed E-state index contributed by atoms with van der Waals surface area (Å²) in [6, 6.07) is 18.0. The molecule has 0 saturated heterocycles. The largest absolute Gasteiger partial charge is 0.496 e. The van der Waals surface area contributed by atoms with Crippen LogP contribution >= 0.6 is 0 Å². The van der Waals surface area contributed by atoms with Gasteiger partial charge in [-0.2, -0.15) is 8.42 Å². The number of aliphatic hydroxyl groups excluding tert-OH is 1. The first-order valence-electron chi connectivity index (χ1n) is 15.3. The van der Waals surface area contributed by atoms with E-state index in [1.807, 2.05) is 6.07 Å². The Labute approximate surface area is 285 Å². The lowest BCUT2D eigenvalue weighted by molar-refractivity contribution is -0.152. The lowest BCUT2D eigenvalue weighted by Gasteiger charge is -2.25. The van der Waals surface area contributed by atoms with E-state index >= 15 is 0 Å². The Morgan fingerprint density at radius 3 is 2.04 bits per heavy atom. The van der Waals surface area contributed by atoms with Crippen LogP contribution in [0.1, 0.15) is 40.7 Å². The molecule has 0 aromatic heterocycles. The predicted octanol–water partition coefficient (Wildman–Crippen LogP) is 3.87. The zero-order valence-electron chi connectivity index (χ0n) is 28.0. The average molecular weight is 699 g/mol. The summed E-state index contributed by atoms with van der Waals surface area (Å²) in [5, 5.41) is 13.1. The Morgan fingerprint density at radius 1 is 0.918 bits per heavy atom. The van der Waals surface area contributed by atoms with Crippen LogP contribution in [0, 0.1) is 20.8 Å². The molecule has 3 rings (SSSR count). The number of nitrogens with two attached hydrogens (primary N) is 1. The number of nitrogens with one attached hydrogen (secondary N) is 1. The van der Waals surface area contributed by atoms with Crippen LogP contribution < -0.4 is 15.8 Å². The van der Waals surface area contributed by atoms with E-state index in [0.29, 0.717) is 33.6 Å². The molecular formula is C34H42N4O10S. The maximum Gasteiger partial charge on any atom is 0.416 e. The number of rotatable bonds is 14. The van der Waals surface area contributed by atoms with Crippen molar-refractivity contribution >= 4 is 34.1 Å². The number of nitrogens with zero attached hydrogens (tertiary/aromatic N) is 2. The number of esters is 1. The van der Waals surface area contributed by atoms with E-state index in [4.69, 9.17) is 19.9 Å². The monoisotopic (exact) mass is 698 g/mol. The summed E-state index contributed by atoms with van der Waals surface area (Å²) >= 11 is 0. The van der Waals surface area contributed by atoms with Gasteiger partial charge in [0.05, 0.1) is 25.2 Å². The van der Waals surface area contributed by atoms with Crippen molar-refractivity contribution < 1.29 is 46.9 Å². The number of carbonyl (C=O) groups excluding carboxylic acids is 3. The number of aliphatic hydroxyl groups is 1. The minimum atomic E-state index is -4.45. The average Bonchev–Trinajstić information content (AvgIpc) is 3.08. The van der Waals surface area contributed by atoms with Gasteiger partial charge in [0.15, 0.2) is 6.10 Å². The second-order valence-electron chi connectivity index (χ2n) is 11.0. The number of carbonyl (C=O) groups is 3. The minimum Gasteiger partial charge on any atom is -0.496 e. The number of amides is 2. The molecule has 15 heteroatoms. The van der Waals surface area contributed by atoms with Crippen LogP contribution in [-0.2, 0) is 42.2 Å². The van der Waals surface area contributed by atoms with Crippen molar-refractivity contribution in [1.29, 1.82) is 0 Å². The van der Waals surface area contributed by atoms with Gasteiger partial charge in [-0.1, -0.05) is 60.7 Å². The van der Waals surface area contributed by atoms with Crippen molar-refractivity contribution in [1.82, 2.24) is 10.2 Å². The third-order valence-corrected chi connectivity index (χ3v) is 9.18. The first-order valence-corrected chi connectivity index (χ1v) is 16.7. The standard InChI is InChI=1S/C34H42N4O10S/c1-22-19-28(45-4)23(2)24(3)30(22)49(43,44)37-32(35)38(34(42)48-21-26-15-10-7-11-16-26)18-12-17-27(29(39)31(40)46-5)36-33(41)47-20-25-13-8-6-9-14-25/h6-11,13-16,19,27,29,39H,12,17-18,20-21H2,1-5H3,(H2,35,37)(H,36,41)/t27-,29?/m0/s1. The Kier molecular flexibility index (Phi) is 13.9. The van der Waals surface area contributed by atoms with Crippen molar-refractivity contribution in [3.05, 3.63) is 94.5 Å². The van der Waals surface area contributed by atoms with E-state index in [-0.39, 0.29) is 37.5 Å². The van der Waals surface area contributed by atoms with Gasteiger partial charge in [-0.25, -0.2) is 19.3 Å². The van der Waals surface area contributed by atoms with Gasteiger partial charge in [0, 0.05) is 6.54 Å². The van der Waals surface area contributed by atoms with Crippen LogP contribution in [0.5, 0.6) is 5.75 Å². The number of aryl methyl sites for hydroxylation is 1. The summed E-state index contributed by atoms with van der Waals surface area (Å²) in [6.07, 6.45) is -3.82. The molecule has 49 heavy (non-hydrogen) atoms. The van der Waals surface area contributed by atoms with Crippen molar-refractivity contribution in [2.75, 3.05) is 20.8 Å². The van der Waals surface area contributed by atoms with E-state index in [1.165, 1.54) is 7.11 Å². The highest BCUT2D eigenvalue weighted by molar-refractivity contribution is 7.90. The third-order valence-electron chi connectivity index (χ3n) is 7.61. The molecule has 0 fully saturated rings. The number of sulfonamides is 1. The number of benzene rings is 3. The van der Waals surface area contributed by atoms with Crippen molar-refractivity contribution in [2.24, 2.45) is 10.1 Å². The zero-order valence-corrected chi connectivity index (χ0v) is 28.9. The normalized spacial score (nSPS) is 12.7. The van der Waals surface area contributed by atoms with Gasteiger partial charge in [-0.05, 0) is 67.5 Å². The molecule has 0 heterocycles. The van der Waals surface area contributed by atoms with E-state index < -0.39 is 46.3 Å². The van der Waals surface area contributed by atoms with E-state index in [0.717, 1.165) is 12.0 Å². The molecule has 0 saturated carbocycles. The molecule has 2 amide bonds. The second-order valence-corrected chi connectivity index (χ2v) is 12.6. The minimum absolute atomic E-state index is 0.0198. The maximum absolute atomic E-state index is 13.6. The first-order chi connectivity index (χ1) is 23.3. The molecule has 264 valence electrons. The number of hydrogen-bond acceptors (Lipinski definition) is 10. The molecule has 1 unspecified atom stereocenters. The fourth-order valence-electron chi connectivity index (χ4n) is 4.92. The lowest BCUT2D eigenvalue weighted by Crippen LogP contribution is -2.48. The molecule has 0 aliphatic heterocycles. The van der Waals surface area contributed by atoms with Gasteiger partial charge in [-0.3, -0.25) is 0 Å². The first kappa shape index (κ1) is 38.3. The highest BCUT2D eigenvalue weighted by Gasteiger charge is 2.31. The van der Waals surface area contributed by atoms with Crippen LogP contribution in [0.2, 0.25) is 0 Å². The summed E-state index contributed by atoms with van der Waals surface area (Å²) in [7, 11) is -1.90. The number of alkyl carbamates (subject to hydrolysis) is 1. The lowest BCUT2D eigenvalue weighted by atomic mass is 10.1. The molecule has 3 aromatic rings. The topological polar surface area (TPSA) is 196 Å². The second kappa shape index (κ2) is 17.8. The summed E-state index contributed by atoms with van der Waals surface area (Å²) in [5.74, 6) is -1.19. The smallest absolute Gasteiger partial charge is 0.416 e. The van der Waals surface area contributed by atoms with Crippen molar-refractivity contribution in [3.63, 3.8) is 0 Å². The number of hydrogen-bond donors (Lipinski definition) is 3. The molecular weight excluding hydrogens is 656 g/mol. The molecule has 0 spiro atoms. The van der Waals surface area contributed by atoms with Crippen molar-refractivity contribution in [2.45, 2.75) is 63.9 Å². The SMILES string of the molecule is COC(=O)C(O)[C@H](CCCN(C(=O)OCc1ccccc1)/C(N)=N/S(=O)(=O)c1c(C)cc(OC)c(C)c1C)NC(=O)OCc1ccccc1. The van der Waals surface area contributed by atoms with E-state index in [2.05, 4.69) is 14.5 Å². The van der Waals surface area contributed by atoms with Gasteiger partial charge in [-0.15, -0.1) is 4.40 Å². The molecule has 0 radical (unpaired) electrons. The van der Waals surface area contributed by atoms with Crippen LogP contribution in [0.25, 0.3) is 0 Å². The number of ether oxygens (including phenoxy) is 4. The molecule has 3 aromatic carbocycles. The van der Waals surface area contributed by atoms with Crippen LogP contribution in [0.15, 0.2) is 76.0 Å². The summed E-state index contributed by atoms with van der Waals surface area (Å²) in [5.41, 5.74) is 8.91. The zero-order chi connectivity index (χ0) is 36.1. The van der Waals surface area contributed by atoms with Crippen LogP contribution in [0.4, 0.5) is 9.59 Å². The fraction of sp³-hybridized carbons (Fsp3) is 0.353.